The van der Waals surface area contributed by atoms with Crippen LogP contribution in [0, 0.1) is 6.92 Å². The van der Waals surface area contributed by atoms with Gasteiger partial charge in [-0.3, -0.25) is 9.36 Å². The lowest BCUT2D eigenvalue weighted by atomic mass is 10.0. The number of nitrogens with zero attached hydrogens (tertiary/aromatic N) is 4. The lowest BCUT2D eigenvalue weighted by Crippen LogP contribution is -2.15. The first-order chi connectivity index (χ1) is 9.99. The molecule has 0 aliphatic carbocycles. The van der Waals surface area contributed by atoms with E-state index in [-0.39, 0.29) is 6.04 Å². The molecule has 0 aliphatic heterocycles. The molecule has 0 fully saturated rings. The second kappa shape index (κ2) is 5.16. The normalized spacial score (nSPS) is 13.0. The molecule has 1 unspecified atom stereocenters. The number of hydrogen-bond donors (Lipinski definition) is 1. The van der Waals surface area contributed by atoms with E-state index in [0.29, 0.717) is 11.6 Å². The summed E-state index contributed by atoms with van der Waals surface area (Å²) in [5.41, 5.74) is 10.3. The van der Waals surface area contributed by atoms with Gasteiger partial charge in [0.15, 0.2) is 0 Å². The highest BCUT2D eigenvalue weighted by Crippen LogP contribution is 2.27. The largest absolute Gasteiger partial charge is 0.322 e. The van der Waals surface area contributed by atoms with Crippen LogP contribution in [0.2, 0.25) is 5.15 Å². The van der Waals surface area contributed by atoms with Crippen LogP contribution in [0.5, 0.6) is 0 Å². The summed E-state index contributed by atoms with van der Waals surface area (Å²) in [7, 11) is 3.77. The number of fused-ring (bicyclic) bond motifs is 1. The lowest BCUT2D eigenvalue weighted by molar-refractivity contribution is 0.663. The van der Waals surface area contributed by atoms with Gasteiger partial charge in [-0.2, -0.15) is 10.2 Å². The van der Waals surface area contributed by atoms with Crippen LogP contribution in [0.25, 0.3) is 10.9 Å². The Balaban J connectivity index is 1.99. The van der Waals surface area contributed by atoms with E-state index in [0.717, 1.165) is 27.9 Å². The highest BCUT2D eigenvalue weighted by Gasteiger charge is 2.20. The Morgan fingerprint density at radius 1 is 1.19 bits per heavy atom. The van der Waals surface area contributed by atoms with Crippen molar-refractivity contribution in [2.45, 2.75) is 19.4 Å². The van der Waals surface area contributed by atoms with Gasteiger partial charge in [0.25, 0.3) is 0 Å². The van der Waals surface area contributed by atoms with Gasteiger partial charge in [0.2, 0.25) is 0 Å². The van der Waals surface area contributed by atoms with Crippen molar-refractivity contribution in [2.24, 2.45) is 19.8 Å². The molecule has 0 spiro atoms. The molecule has 1 aromatic carbocycles. The molecule has 6 heteroatoms. The van der Waals surface area contributed by atoms with Gasteiger partial charge in [-0.25, -0.2) is 0 Å². The van der Waals surface area contributed by atoms with Crippen molar-refractivity contribution in [2.75, 3.05) is 0 Å². The smallest absolute Gasteiger partial charge is 0.130 e. The van der Waals surface area contributed by atoms with E-state index in [1.807, 2.05) is 43.9 Å². The minimum atomic E-state index is -0.212. The fourth-order valence-corrected chi connectivity index (χ4v) is 2.99. The van der Waals surface area contributed by atoms with E-state index in [1.165, 1.54) is 0 Å². The summed E-state index contributed by atoms with van der Waals surface area (Å²) in [5.74, 6) is 0. The van der Waals surface area contributed by atoms with Gasteiger partial charge < -0.3 is 5.73 Å². The quantitative estimate of drug-likeness (QED) is 0.808. The molecule has 0 saturated carbocycles. The highest BCUT2D eigenvalue weighted by molar-refractivity contribution is 6.30. The molecule has 3 rings (SSSR count). The zero-order valence-corrected chi connectivity index (χ0v) is 13.1. The minimum Gasteiger partial charge on any atom is -0.322 e. The van der Waals surface area contributed by atoms with Crippen LogP contribution in [0.3, 0.4) is 0 Å². The molecule has 3 aromatic rings. The van der Waals surface area contributed by atoms with Crippen molar-refractivity contribution in [1.29, 1.82) is 0 Å². The van der Waals surface area contributed by atoms with Crippen LogP contribution >= 0.6 is 11.6 Å². The molecule has 0 aliphatic rings. The zero-order valence-electron chi connectivity index (χ0n) is 12.3. The minimum absolute atomic E-state index is 0.212. The number of benzene rings is 1. The molecule has 2 N–H and O–H groups in total. The van der Waals surface area contributed by atoms with E-state index < -0.39 is 0 Å². The molecule has 21 heavy (non-hydrogen) atoms. The first-order valence-electron chi connectivity index (χ1n) is 6.84. The molecule has 0 saturated heterocycles. The standard InChI is InChI=1S/C15H18ClN5/c1-9-11(15(16)21(3)18-9)8-12(17)14-10-6-4-5-7-13(10)20(2)19-14/h4-7,12H,8,17H2,1-3H3. The number of nitrogens with two attached hydrogens (primary N) is 1. The van der Waals surface area contributed by atoms with E-state index in [9.17, 15) is 0 Å². The second-order valence-corrected chi connectivity index (χ2v) is 5.67. The first kappa shape index (κ1) is 14.1. The summed E-state index contributed by atoms with van der Waals surface area (Å²) in [6, 6.07) is 7.89. The van der Waals surface area contributed by atoms with Gasteiger partial charge in [-0.1, -0.05) is 29.8 Å². The third-order valence-electron chi connectivity index (χ3n) is 3.83. The van der Waals surface area contributed by atoms with Crippen LogP contribution in [0.15, 0.2) is 24.3 Å². The number of halogens is 1. The Labute approximate surface area is 128 Å². The maximum atomic E-state index is 6.38. The first-order valence-corrected chi connectivity index (χ1v) is 7.22. The number of aryl methyl sites for hydroxylation is 3. The van der Waals surface area contributed by atoms with Crippen molar-refractivity contribution in [1.82, 2.24) is 19.6 Å². The van der Waals surface area contributed by atoms with Crippen molar-refractivity contribution in [3.63, 3.8) is 0 Å². The van der Waals surface area contributed by atoms with Crippen LogP contribution < -0.4 is 5.73 Å². The fourth-order valence-electron chi connectivity index (χ4n) is 2.74. The SMILES string of the molecule is Cc1nn(C)c(Cl)c1CC(N)c1nn(C)c2ccccc12. The van der Waals surface area contributed by atoms with Crippen LogP contribution in [0.4, 0.5) is 0 Å². The molecule has 0 amide bonds. The molecule has 5 nitrogen and oxygen atoms in total. The van der Waals surface area contributed by atoms with E-state index in [4.69, 9.17) is 17.3 Å². The third-order valence-corrected chi connectivity index (χ3v) is 4.30. The number of aromatic nitrogens is 4. The topological polar surface area (TPSA) is 61.7 Å². The Kier molecular flexibility index (Phi) is 3.47. The Hall–Kier alpha value is -1.85. The summed E-state index contributed by atoms with van der Waals surface area (Å²) in [6.07, 6.45) is 0.625. The molecular formula is C15H18ClN5. The summed E-state index contributed by atoms with van der Waals surface area (Å²) < 4.78 is 3.54. The fraction of sp³-hybridized carbons (Fsp3) is 0.333. The molecular weight excluding hydrogens is 286 g/mol. The monoisotopic (exact) mass is 303 g/mol. The number of hydrogen-bond acceptors (Lipinski definition) is 3. The molecule has 2 heterocycles. The van der Waals surface area contributed by atoms with E-state index in [2.05, 4.69) is 16.3 Å². The van der Waals surface area contributed by atoms with Gasteiger partial charge in [0, 0.05) is 25.0 Å². The zero-order chi connectivity index (χ0) is 15.1. The van der Waals surface area contributed by atoms with Gasteiger partial charge >= 0.3 is 0 Å². The van der Waals surface area contributed by atoms with Crippen molar-refractivity contribution in [3.05, 3.63) is 46.4 Å². The molecule has 0 bridgehead atoms. The van der Waals surface area contributed by atoms with Crippen molar-refractivity contribution >= 4 is 22.5 Å². The Morgan fingerprint density at radius 3 is 2.57 bits per heavy atom. The molecule has 110 valence electrons. The van der Waals surface area contributed by atoms with Crippen LogP contribution in [0.1, 0.15) is 23.0 Å². The Morgan fingerprint density at radius 2 is 1.90 bits per heavy atom. The molecule has 2 aromatic heterocycles. The maximum Gasteiger partial charge on any atom is 0.130 e. The predicted molar refractivity (Wildman–Crippen MR) is 84.3 cm³/mol. The molecule has 0 radical (unpaired) electrons. The average Bonchev–Trinajstić information content (AvgIpc) is 2.92. The predicted octanol–water partition coefficient (Wildman–Crippen LogP) is 2.51. The summed E-state index contributed by atoms with van der Waals surface area (Å²) >= 11 is 6.29. The summed E-state index contributed by atoms with van der Waals surface area (Å²) in [4.78, 5) is 0. The maximum absolute atomic E-state index is 6.38. The number of rotatable bonds is 3. The van der Waals surface area contributed by atoms with Crippen molar-refractivity contribution < 1.29 is 0 Å². The Bertz CT molecular complexity index is 802. The van der Waals surface area contributed by atoms with Crippen molar-refractivity contribution in [3.8, 4) is 0 Å². The highest BCUT2D eigenvalue weighted by atomic mass is 35.5. The second-order valence-electron chi connectivity index (χ2n) is 5.31. The summed E-state index contributed by atoms with van der Waals surface area (Å²) in [5, 5.41) is 10.6. The van der Waals surface area contributed by atoms with E-state index >= 15 is 0 Å². The molecule has 1 atom stereocenters. The van der Waals surface area contributed by atoms with Crippen LogP contribution in [-0.2, 0) is 20.5 Å². The third kappa shape index (κ3) is 2.32. The number of para-hydroxylation sites is 1. The van der Waals surface area contributed by atoms with Gasteiger partial charge in [-0.15, -0.1) is 0 Å². The van der Waals surface area contributed by atoms with Gasteiger partial charge in [0.1, 0.15) is 5.15 Å². The van der Waals surface area contributed by atoms with Gasteiger partial charge in [0.05, 0.1) is 22.9 Å². The lowest BCUT2D eigenvalue weighted by Gasteiger charge is -2.09. The van der Waals surface area contributed by atoms with E-state index in [1.54, 1.807) is 4.68 Å². The average molecular weight is 304 g/mol. The van der Waals surface area contributed by atoms with Crippen LogP contribution in [-0.4, -0.2) is 19.6 Å². The summed E-state index contributed by atoms with van der Waals surface area (Å²) in [6.45, 7) is 1.95. The van der Waals surface area contributed by atoms with Gasteiger partial charge in [-0.05, 0) is 19.4 Å².